The van der Waals surface area contributed by atoms with E-state index >= 15 is 0 Å². The Hall–Kier alpha value is -1.85. The lowest BCUT2D eigenvalue weighted by Crippen LogP contribution is -2.25. The van der Waals surface area contributed by atoms with Crippen LogP contribution in [-0.4, -0.2) is 30.3 Å². The van der Waals surface area contributed by atoms with Gasteiger partial charge in [0.15, 0.2) is 5.76 Å². The van der Waals surface area contributed by atoms with Crippen molar-refractivity contribution in [1.29, 1.82) is 0 Å². The molecule has 6 heteroatoms. The minimum Gasteiger partial charge on any atom is -0.465 e. The molecule has 1 rings (SSSR count). The van der Waals surface area contributed by atoms with Gasteiger partial charge in [0.05, 0.1) is 18.9 Å². The molecule has 0 saturated heterocycles. The van der Waals surface area contributed by atoms with Crippen LogP contribution in [-0.2, 0) is 19.1 Å². The Morgan fingerprint density at radius 2 is 1.82 bits per heavy atom. The first-order valence-corrected chi connectivity index (χ1v) is 5.36. The number of nitrogens with zero attached hydrogens (tertiary/aromatic N) is 1. The molecule has 0 bridgehead atoms. The Kier molecular flexibility index (Phi) is 4.68. The van der Waals surface area contributed by atoms with Gasteiger partial charge in [0.25, 0.3) is 0 Å². The smallest absolute Gasteiger partial charge is 0.328 e. The lowest BCUT2D eigenvalue weighted by Gasteiger charge is -2.11. The van der Waals surface area contributed by atoms with Gasteiger partial charge in [-0.05, 0) is 20.8 Å². The average Bonchev–Trinajstić information content (AvgIpc) is 2.66. The number of hydrogen-bond donors (Lipinski definition) is 0. The molecular formula is C11H15NO5. The molecule has 0 N–H and O–H groups in total. The Morgan fingerprint density at radius 1 is 1.29 bits per heavy atom. The number of ether oxygens (including phenoxy) is 2. The summed E-state index contributed by atoms with van der Waals surface area (Å²) >= 11 is 0. The van der Waals surface area contributed by atoms with Gasteiger partial charge in [-0.3, -0.25) is 9.59 Å². The number of carbonyl (C=O) groups excluding carboxylic acids is 2. The second-order valence-corrected chi connectivity index (χ2v) is 3.31. The summed E-state index contributed by atoms with van der Waals surface area (Å²) in [7, 11) is 0. The number of carbonyl (C=O) groups is 2. The van der Waals surface area contributed by atoms with Gasteiger partial charge in [0.2, 0.25) is 5.92 Å². The average molecular weight is 241 g/mol. The van der Waals surface area contributed by atoms with Gasteiger partial charge < -0.3 is 14.0 Å². The van der Waals surface area contributed by atoms with E-state index in [-0.39, 0.29) is 19.0 Å². The third-order valence-electron chi connectivity index (χ3n) is 1.98. The van der Waals surface area contributed by atoms with Crippen LogP contribution >= 0.6 is 0 Å². The van der Waals surface area contributed by atoms with Gasteiger partial charge in [-0.1, -0.05) is 5.16 Å². The number of rotatable bonds is 5. The SMILES string of the molecule is CCOC(=O)C(C(=O)OCC)c1cc(C)no1. The van der Waals surface area contributed by atoms with Gasteiger partial charge in [-0.15, -0.1) is 0 Å². The summed E-state index contributed by atoms with van der Waals surface area (Å²) in [5.74, 6) is -2.44. The van der Waals surface area contributed by atoms with Crippen molar-refractivity contribution < 1.29 is 23.6 Å². The molecule has 1 aromatic rings. The zero-order valence-corrected chi connectivity index (χ0v) is 10.1. The largest absolute Gasteiger partial charge is 0.465 e. The maximum absolute atomic E-state index is 11.7. The second-order valence-electron chi connectivity index (χ2n) is 3.31. The molecule has 0 spiro atoms. The molecule has 0 amide bonds. The van der Waals surface area contributed by atoms with Crippen LogP contribution in [0, 0.1) is 6.92 Å². The normalized spacial score (nSPS) is 10.4. The molecule has 6 nitrogen and oxygen atoms in total. The molecule has 1 aromatic heterocycles. The van der Waals surface area contributed by atoms with Crippen molar-refractivity contribution in [2.45, 2.75) is 26.7 Å². The van der Waals surface area contributed by atoms with E-state index < -0.39 is 17.9 Å². The Morgan fingerprint density at radius 3 is 2.18 bits per heavy atom. The highest BCUT2D eigenvalue weighted by Gasteiger charge is 2.34. The molecule has 0 aliphatic carbocycles. The van der Waals surface area contributed by atoms with Crippen molar-refractivity contribution in [2.24, 2.45) is 0 Å². The summed E-state index contributed by atoms with van der Waals surface area (Å²) in [4.78, 5) is 23.3. The zero-order chi connectivity index (χ0) is 12.8. The van der Waals surface area contributed by atoms with E-state index in [1.807, 2.05) is 0 Å². The summed E-state index contributed by atoms with van der Waals surface area (Å²) in [6, 6.07) is 1.51. The fraction of sp³-hybridized carbons (Fsp3) is 0.545. The van der Waals surface area contributed by atoms with Gasteiger partial charge in [-0.25, -0.2) is 0 Å². The fourth-order valence-electron chi connectivity index (χ4n) is 1.30. The van der Waals surface area contributed by atoms with E-state index in [0.29, 0.717) is 5.69 Å². The van der Waals surface area contributed by atoms with Crippen molar-refractivity contribution in [2.75, 3.05) is 13.2 Å². The maximum atomic E-state index is 11.7. The minimum absolute atomic E-state index is 0.138. The quantitative estimate of drug-likeness (QED) is 0.569. The van der Waals surface area contributed by atoms with Gasteiger partial charge in [0.1, 0.15) is 0 Å². The highest BCUT2D eigenvalue weighted by atomic mass is 16.6. The Bertz CT molecular complexity index is 380. The summed E-state index contributed by atoms with van der Waals surface area (Å²) in [6.45, 7) is 5.38. The molecule has 0 radical (unpaired) electrons. The molecule has 0 aliphatic rings. The Balaban J connectivity index is 2.93. The molecular weight excluding hydrogens is 226 g/mol. The second kappa shape index (κ2) is 6.03. The van der Waals surface area contributed by atoms with Crippen LogP contribution in [0.5, 0.6) is 0 Å². The Labute approximate surface area is 98.9 Å². The highest BCUT2D eigenvalue weighted by molar-refractivity contribution is 6.00. The van der Waals surface area contributed by atoms with E-state index in [1.54, 1.807) is 20.8 Å². The van der Waals surface area contributed by atoms with E-state index in [2.05, 4.69) is 5.16 Å². The predicted octanol–water partition coefficient (Wildman–Crippen LogP) is 1.19. The summed E-state index contributed by atoms with van der Waals surface area (Å²) in [5, 5.41) is 3.63. The van der Waals surface area contributed by atoms with Crippen LogP contribution in [0.15, 0.2) is 10.6 Å². The first-order valence-electron chi connectivity index (χ1n) is 5.36. The van der Waals surface area contributed by atoms with Crippen molar-refractivity contribution in [3.8, 4) is 0 Å². The van der Waals surface area contributed by atoms with Crippen molar-refractivity contribution >= 4 is 11.9 Å². The molecule has 17 heavy (non-hydrogen) atoms. The first kappa shape index (κ1) is 13.2. The summed E-state index contributed by atoms with van der Waals surface area (Å²) in [6.07, 6.45) is 0. The molecule has 0 aliphatic heterocycles. The lowest BCUT2D eigenvalue weighted by molar-refractivity contribution is -0.157. The molecule has 0 saturated carbocycles. The zero-order valence-electron chi connectivity index (χ0n) is 10.1. The highest BCUT2D eigenvalue weighted by Crippen LogP contribution is 2.20. The van der Waals surface area contributed by atoms with Crippen LogP contribution < -0.4 is 0 Å². The number of aromatic nitrogens is 1. The monoisotopic (exact) mass is 241 g/mol. The summed E-state index contributed by atoms with van der Waals surface area (Å²) in [5.41, 5.74) is 0.582. The van der Waals surface area contributed by atoms with Crippen LogP contribution in [0.2, 0.25) is 0 Å². The predicted molar refractivity (Wildman–Crippen MR) is 57.2 cm³/mol. The van der Waals surface area contributed by atoms with Gasteiger partial charge >= 0.3 is 11.9 Å². The van der Waals surface area contributed by atoms with Gasteiger partial charge in [0, 0.05) is 6.07 Å². The van der Waals surface area contributed by atoms with Crippen molar-refractivity contribution in [1.82, 2.24) is 5.16 Å². The standard InChI is InChI=1S/C11H15NO5/c1-4-15-10(13)9(11(14)16-5-2)8-6-7(3)12-17-8/h6,9H,4-5H2,1-3H3. The number of aryl methyl sites for hydroxylation is 1. The summed E-state index contributed by atoms with van der Waals surface area (Å²) < 4.78 is 14.5. The van der Waals surface area contributed by atoms with Crippen LogP contribution in [0.4, 0.5) is 0 Å². The third kappa shape index (κ3) is 3.30. The fourth-order valence-corrected chi connectivity index (χ4v) is 1.30. The molecule has 0 unspecified atom stereocenters. The molecule has 94 valence electrons. The van der Waals surface area contributed by atoms with E-state index in [1.165, 1.54) is 6.07 Å². The molecule has 0 aromatic carbocycles. The minimum atomic E-state index is -1.20. The van der Waals surface area contributed by atoms with Crippen LogP contribution in [0.25, 0.3) is 0 Å². The third-order valence-corrected chi connectivity index (χ3v) is 1.98. The van der Waals surface area contributed by atoms with Crippen molar-refractivity contribution in [3.63, 3.8) is 0 Å². The molecule has 1 heterocycles. The number of esters is 2. The van der Waals surface area contributed by atoms with Gasteiger partial charge in [-0.2, -0.15) is 0 Å². The molecule has 0 fully saturated rings. The van der Waals surface area contributed by atoms with E-state index in [9.17, 15) is 9.59 Å². The molecule has 0 atom stereocenters. The number of hydrogen-bond acceptors (Lipinski definition) is 6. The van der Waals surface area contributed by atoms with E-state index in [4.69, 9.17) is 14.0 Å². The van der Waals surface area contributed by atoms with E-state index in [0.717, 1.165) is 0 Å². The first-order chi connectivity index (χ1) is 8.10. The van der Waals surface area contributed by atoms with Crippen molar-refractivity contribution in [3.05, 3.63) is 17.5 Å². The maximum Gasteiger partial charge on any atom is 0.328 e. The topological polar surface area (TPSA) is 78.6 Å². The van der Waals surface area contributed by atoms with Crippen LogP contribution in [0.1, 0.15) is 31.2 Å². The lowest BCUT2D eigenvalue weighted by atomic mass is 10.1. The van der Waals surface area contributed by atoms with Crippen LogP contribution in [0.3, 0.4) is 0 Å².